The van der Waals surface area contributed by atoms with Gasteiger partial charge in [0.1, 0.15) is 0 Å². The molecule has 2 rings (SSSR count). The van der Waals surface area contributed by atoms with E-state index in [1.165, 1.54) is 0 Å². The van der Waals surface area contributed by atoms with Gasteiger partial charge in [-0.2, -0.15) is 5.10 Å². The molecule has 1 atom stereocenters. The van der Waals surface area contributed by atoms with Gasteiger partial charge < -0.3 is 10.0 Å². The number of rotatable bonds is 7. The number of aromatic nitrogens is 2. The maximum Gasteiger partial charge on any atom is 0.222 e. The van der Waals surface area contributed by atoms with Crippen LogP contribution in [0.5, 0.6) is 0 Å². The highest BCUT2D eigenvalue weighted by molar-refractivity contribution is 5.76. The van der Waals surface area contributed by atoms with E-state index in [1.54, 1.807) is 6.20 Å². The van der Waals surface area contributed by atoms with Gasteiger partial charge in [0.15, 0.2) is 0 Å². The third kappa shape index (κ3) is 5.13. The molecule has 1 aromatic heterocycles. The van der Waals surface area contributed by atoms with Crippen LogP contribution in [0.3, 0.4) is 0 Å². The average Bonchev–Trinajstić information content (AvgIpc) is 3.01. The Bertz CT molecular complexity index is 413. The Labute approximate surface area is 126 Å². The average molecular weight is 294 g/mol. The van der Waals surface area contributed by atoms with Crippen molar-refractivity contribution in [2.45, 2.75) is 38.8 Å². The highest BCUT2D eigenvalue weighted by atomic mass is 16.3. The van der Waals surface area contributed by atoms with Crippen LogP contribution in [0.15, 0.2) is 18.5 Å². The minimum atomic E-state index is -0.249. The molecule has 0 aromatic carbocycles. The molecular weight excluding hydrogens is 268 g/mol. The molecule has 0 bridgehead atoms. The summed E-state index contributed by atoms with van der Waals surface area (Å²) in [5.74, 6) is 0.234. The maximum atomic E-state index is 12.1. The molecular formula is C15H26N4O2. The van der Waals surface area contributed by atoms with Crippen molar-refractivity contribution in [3.8, 4) is 0 Å². The summed E-state index contributed by atoms with van der Waals surface area (Å²) in [6.07, 6.45) is 5.62. The van der Waals surface area contributed by atoms with Crippen LogP contribution in [0.2, 0.25) is 0 Å². The van der Waals surface area contributed by atoms with Gasteiger partial charge in [-0.05, 0) is 18.9 Å². The monoisotopic (exact) mass is 294 g/mol. The van der Waals surface area contributed by atoms with E-state index in [0.29, 0.717) is 6.42 Å². The Balaban J connectivity index is 1.63. The molecule has 6 nitrogen and oxygen atoms in total. The second-order valence-electron chi connectivity index (χ2n) is 5.62. The number of piperazine rings is 1. The molecule has 1 fully saturated rings. The fourth-order valence-corrected chi connectivity index (χ4v) is 2.59. The van der Waals surface area contributed by atoms with Crippen LogP contribution in [0.25, 0.3) is 0 Å². The van der Waals surface area contributed by atoms with Gasteiger partial charge in [-0.3, -0.25) is 14.4 Å². The number of amides is 1. The van der Waals surface area contributed by atoms with E-state index in [9.17, 15) is 9.90 Å². The molecule has 1 saturated heterocycles. The largest absolute Gasteiger partial charge is 0.392 e. The quantitative estimate of drug-likeness (QED) is 0.799. The van der Waals surface area contributed by atoms with Crippen molar-refractivity contribution in [1.29, 1.82) is 0 Å². The van der Waals surface area contributed by atoms with Gasteiger partial charge in [0.25, 0.3) is 0 Å². The van der Waals surface area contributed by atoms with Crippen molar-refractivity contribution in [3.05, 3.63) is 18.5 Å². The van der Waals surface area contributed by atoms with Crippen LogP contribution in [0.4, 0.5) is 0 Å². The SMILES string of the molecule is CCC(O)CN1CCN(C(=O)CCCn2cccn2)CC1. The van der Waals surface area contributed by atoms with Gasteiger partial charge in [-0.25, -0.2) is 0 Å². The zero-order valence-electron chi connectivity index (χ0n) is 12.8. The molecule has 0 spiro atoms. The van der Waals surface area contributed by atoms with E-state index in [2.05, 4.69) is 10.00 Å². The molecule has 0 radical (unpaired) electrons. The molecule has 1 aliphatic rings. The number of aliphatic hydroxyl groups is 1. The lowest BCUT2D eigenvalue weighted by Gasteiger charge is -2.35. The van der Waals surface area contributed by atoms with Gasteiger partial charge in [0.2, 0.25) is 5.91 Å². The van der Waals surface area contributed by atoms with E-state index in [-0.39, 0.29) is 12.0 Å². The van der Waals surface area contributed by atoms with E-state index >= 15 is 0 Å². The number of aliphatic hydroxyl groups excluding tert-OH is 1. The Morgan fingerprint density at radius 2 is 2.10 bits per heavy atom. The molecule has 0 aliphatic carbocycles. The third-order valence-corrected chi connectivity index (χ3v) is 4.00. The fraction of sp³-hybridized carbons (Fsp3) is 0.733. The second kappa shape index (κ2) is 8.14. The zero-order chi connectivity index (χ0) is 15.1. The van der Waals surface area contributed by atoms with Gasteiger partial charge in [-0.15, -0.1) is 0 Å². The smallest absolute Gasteiger partial charge is 0.222 e. The highest BCUT2D eigenvalue weighted by Crippen LogP contribution is 2.07. The lowest BCUT2D eigenvalue weighted by molar-refractivity contribution is -0.133. The first kappa shape index (κ1) is 16.0. The summed E-state index contributed by atoms with van der Waals surface area (Å²) in [5, 5.41) is 13.8. The molecule has 1 aromatic rings. The summed E-state index contributed by atoms with van der Waals surface area (Å²) >= 11 is 0. The summed E-state index contributed by atoms with van der Waals surface area (Å²) in [7, 11) is 0. The second-order valence-corrected chi connectivity index (χ2v) is 5.62. The number of carbonyl (C=O) groups is 1. The van der Waals surface area contributed by atoms with E-state index in [1.807, 2.05) is 28.8 Å². The van der Waals surface area contributed by atoms with Crippen molar-refractivity contribution >= 4 is 5.91 Å². The number of aryl methyl sites for hydroxylation is 1. The predicted octanol–water partition coefficient (Wildman–Crippen LogP) is 0.578. The molecule has 1 aliphatic heterocycles. The van der Waals surface area contributed by atoms with Crippen molar-refractivity contribution in [3.63, 3.8) is 0 Å². The molecule has 2 heterocycles. The maximum absolute atomic E-state index is 12.1. The molecule has 21 heavy (non-hydrogen) atoms. The normalized spacial score (nSPS) is 17.9. The lowest BCUT2D eigenvalue weighted by Crippen LogP contribution is -2.50. The first-order valence-corrected chi connectivity index (χ1v) is 7.84. The molecule has 1 unspecified atom stereocenters. The van der Waals surface area contributed by atoms with Crippen LogP contribution in [0, 0.1) is 0 Å². The number of hydrogen-bond acceptors (Lipinski definition) is 4. The van der Waals surface area contributed by atoms with E-state index in [4.69, 9.17) is 0 Å². The first-order chi connectivity index (χ1) is 10.2. The molecule has 1 N–H and O–H groups in total. The van der Waals surface area contributed by atoms with Crippen LogP contribution in [0.1, 0.15) is 26.2 Å². The summed E-state index contributed by atoms with van der Waals surface area (Å²) in [4.78, 5) is 16.3. The standard InChI is InChI=1S/C15H26N4O2/c1-2-14(20)13-17-9-11-18(12-10-17)15(21)5-3-7-19-8-4-6-16-19/h4,6,8,14,20H,2-3,5,7,9-13H2,1H3. The Hall–Kier alpha value is -1.40. The van der Waals surface area contributed by atoms with Crippen molar-refractivity contribution in [1.82, 2.24) is 19.6 Å². The van der Waals surface area contributed by atoms with Crippen molar-refractivity contribution in [2.75, 3.05) is 32.7 Å². The van der Waals surface area contributed by atoms with E-state index in [0.717, 1.165) is 52.1 Å². The Morgan fingerprint density at radius 3 is 2.71 bits per heavy atom. The summed E-state index contributed by atoms with van der Waals surface area (Å²) < 4.78 is 1.86. The van der Waals surface area contributed by atoms with Gasteiger partial charge in [-0.1, -0.05) is 6.92 Å². The number of carbonyl (C=O) groups excluding carboxylic acids is 1. The van der Waals surface area contributed by atoms with Crippen molar-refractivity contribution < 1.29 is 9.90 Å². The molecule has 0 saturated carbocycles. The topological polar surface area (TPSA) is 61.6 Å². The summed E-state index contributed by atoms with van der Waals surface area (Å²) in [6, 6.07) is 1.89. The first-order valence-electron chi connectivity index (χ1n) is 7.84. The number of hydrogen-bond donors (Lipinski definition) is 1. The van der Waals surface area contributed by atoms with Crippen LogP contribution in [-0.2, 0) is 11.3 Å². The van der Waals surface area contributed by atoms with Crippen LogP contribution in [-0.4, -0.2) is 69.4 Å². The number of nitrogens with zero attached hydrogens (tertiary/aromatic N) is 4. The van der Waals surface area contributed by atoms with Gasteiger partial charge in [0.05, 0.1) is 6.10 Å². The highest BCUT2D eigenvalue weighted by Gasteiger charge is 2.21. The minimum Gasteiger partial charge on any atom is -0.392 e. The summed E-state index contributed by atoms with van der Waals surface area (Å²) in [6.45, 7) is 6.78. The number of β-amino-alcohol motifs (C(OH)–C–C–N with tert-alkyl or cyclic N) is 1. The third-order valence-electron chi connectivity index (χ3n) is 4.00. The molecule has 118 valence electrons. The van der Waals surface area contributed by atoms with Gasteiger partial charge in [0, 0.05) is 58.1 Å². The van der Waals surface area contributed by atoms with Gasteiger partial charge >= 0.3 is 0 Å². The summed E-state index contributed by atoms with van der Waals surface area (Å²) in [5.41, 5.74) is 0. The molecule has 6 heteroatoms. The predicted molar refractivity (Wildman–Crippen MR) is 80.8 cm³/mol. The lowest BCUT2D eigenvalue weighted by atomic mass is 10.2. The van der Waals surface area contributed by atoms with Crippen LogP contribution >= 0.6 is 0 Å². The van der Waals surface area contributed by atoms with E-state index < -0.39 is 0 Å². The fourth-order valence-electron chi connectivity index (χ4n) is 2.59. The molecule has 1 amide bonds. The Morgan fingerprint density at radius 1 is 1.33 bits per heavy atom. The Kier molecular flexibility index (Phi) is 6.20. The van der Waals surface area contributed by atoms with Crippen LogP contribution < -0.4 is 0 Å². The minimum absolute atomic E-state index is 0.234. The zero-order valence-corrected chi connectivity index (χ0v) is 12.8. The van der Waals surface area contributed by atoms with Crippen molar-refractivity contribution in [2.24, 2.45) is 0 Å².